The lowest BCUT2D eigenvalue weighted by Crippen LogP contribution is -2.24. The van der Waals surface area contributed by atoms with Gasteiger partial charge in [0.2, 0.25) is 12.3 Å². The SMILES string of the molecule is C=CC(C)C(CC)CCC=O.CN.CNC(CC(N)=O)c1cccc(Cl)c1F.Cc1[nH]nc2ccccc12.NC=O. The average molecular weight is 593 g/mol. The van der Waals surface area contributed by atoms with Crippen LogP contribution >= 0.6 is 11.6 Å². The number of carbonyl (C=O) groups excluding carboxylic acids is 3. The molecule has 3 rings (SSSR count). The number of halogens is 2. The monoisotopic (exact) mass is 592 g/mol. The number of amides is 2. The van der Waals surface area contributed by atoms with E-state index < -0.39 is 17.8 Å². The van der Waals surface area contributed by atoms with Crippen molar-refractivity contribution in [3.05, 3.63) is 77.2 Å². The summed E-state index contributed by atoms with van der Waals surface area (Å²) < 4.78 is 13.6. The molecule has 0 saturated heterocycles. The van der Waals surface area contributed by atoms with Crippen LogP contribution in [0.5, 0.6) is 0 Å². The van der Waals surface area contributed by atoms with Gasteiger partial charge < -0.3 is 27.3 Å². The number of hydrogen-bond acceptors (Lipinski definition) is 6. The molecular formula is C30H46ClFN6O3. The number of aryl methyl sites for hydroxylation is 1. The van der Waals surface area contributed by atoms with Crippen molar-refractivity contribution in [3.8, 4) is 0 Å². The van der Waals surface area contributed by atoms with Crippen LogP contribution in [-0.4, -0.2) is 42.9 Å². The van der Waals surface area contributed by atoms with Crippen molar-refractivity contribution in [2.24, 2.45) is 29.0 Å². The number of nitrogens with two attached hydrogens (primary N) is 3. The van der Waals surface area contributed by atoms with Gasteiger partial charge in [-0.1, -0.05) is 68.3 Å². The molecule has 0 fully saturated rings. The fourth-order valence-electron chi connectivity index (χ4n) is 3.76. The van der Waals surface area contributed by atoms with E-state index in [1.807, 2.05) is 31.2 Å². The third kappa shape index (κ3) is 15.7. The molecule has 3 aromatic rings. The first-order chi connectivity index (χ1) is 19.6. The van der Waals surface area contributed by atoms with Crippen molar-refractivity contribution in [1.82, 2.24) is 15.5 Å². The molecule has 2 aromatic carbocycles. The van der Waals surface area contributed by atoms with Crippen LogP contribution in [0.25, 0.3) is 10.9 Å². The molecule has 11 heteroatoms. The van der Waals surface area contributed by atoms with Gasteiger partial charge in [-0.15, -0.1) is 6.58 Å². The maximum absolute atomic E-state index is 13.6. The number of aromatic amines is 1. The summed E-state index contributed by atoms with van der Waals surface area (Å²) in [5, 5.41) is 11.1. The van der Waals surface area contributed by atoms with E-state index >= 15 is 0 Å². The number of primary amides is 2. The third-order valence-electron chi connectivity index (χ3n) is 6.06. The molecule has 0 saturated carbocycles. The zero-order chi connectivity index (χ0) is 31.8. The Hall–Kier alpha value is -3.60. The standard InChI is InChI=1S/C10H12ClFN2O.C10H18O.C8H8N2.CH3NO.CH5N/c1-14-8(5-9(13)15)6-3-2-4-7(11)10(6)12;1-4-9(3)10(5-2)7-6-8-11;1-6-7-4-2-3-5-8(7)10-9-6;2-1-3;1-2/h2-4,8,14H,5H2,1H3,(H2,13,15);4,8-10H,1,5-7H2,2-3H3;2-5H,1H3,(H,9,10);1H,(H2,2,3);2H2,1H3. The van der Waals surface area contributed by atoms with Crippen LogP contribution in [-0.2, 0) is 14.4 Å². The lowest BCUT2D eigenvalue weighted by Gasteiger charge is -2.17. The van der Waals surface area contributed by atoms with Gasteiger partial charge in [0.15, 0.2) is 0 Å². The number of carbonyl (C=O) groups is 3. The van der Waals surface area contributed by atoms with Gasteiger partial charge in [-0.25, -0.2) is 4.39 Å². The third-order valence-corrected chi connectivity index (χ3v) is 6.35. The number of aldehydes is 1. The fourth-order valence-corrected chi connectivity index (χ4v) is 3.95. The normalized spacial score (nSPS) is 11.7. The first kappa shape index (κ1) is 39.5. The minimum absolute atomic E-state index is 0.0355. The largest absolute Gasteiger partial charge is 0.372 e. The van der Waals surface area contributed by atoms with Gasteiger partial charge in [0.25, 0.3) is 0 Å². The molecule has 2 amide bonds. The minimum Gasteiger partial charge on any atom is -0.372 e. The quantitative estimate of drug-likeness (QED) is 0.164. The van der Waals surface area contributed by atoms with Crippen LogP contribution in [0, 0.1) is 24.6 Å². The number of rotatable bonds is 10. The summed E-state index contributed by atoms with van der Waals surface area (Å²) in [5.74, 6) is 0.172. The number of nitrogens with zero attached hydrogens (tertiary/aromatic N) is 1. The van der Waals surface area contributed by atoms with Gasteiger partial charge in [0.1, 0.15) is 12.1 Å². The highest BCUT2D eigenvalue weighted by Gasteiger charge is 2.17. The Kier molecular flexibility index (Phi) is 23.4. The predicted octanol–water partition coefficient (Wildman–Crippen LogP) is 4.98. The van der Waals surface area contributed by atoms with E-state index in [4.69, 9.17) is 22.1 Å². The highest BCUT2D eigenvalue weighted by atomic mass is 35.5. The Morgan fingerprint density at radius 2 is 1.80 bits per heavy atom. The van der Waals surface area contributed by atoms with Crippen molar-refractivity contribution in [3.63, 3.8) is 0 Å². The fraction of sp³-hybridized carbons (Fsp3) is 0.400. The molecule has 0 bridgehead atoms. The minimum atomic E-state index is -0.514. The first-order valence-electron chi connectivity index (χ1n) is 13.2. The molecule has 0 aliphatic carbocycles. The summed E-state index contributed by atoms with van der Waals surface area (Å²) in [5.41, 5.74) is 16.3. The van der Waals surface area contributed by atoms with Crippen molar-refractivity contribution >= 4 is 41.1 Å². The molecule has 3 atom stereocenters. The number of para-hydroxylation sites is 1. The number of hydrogen-bond donors (Lipinski definition) is 5. The maximum atomic E-state index is 13.6. The van der Waals surface area contributed by atoms with E-state index in [0.29, 0.717) is 23.8 Å². The number of benzene rings is 2. The molecule has 9 nitrogen and oxygen atoms in total. The molecule has 228 valence electrons. The lowest BCUT2D eigenvalue weighted by molar-refractivity contribution is -0.118. The van der Waals surface area contributed by atoms with Gasteiger partial charge in [0.05, 0.1) is 10.5 Å². The van der Waals surface area contributed by atoms with Crippen LogP contribution in [0.3, 0.4) is 0 Å². The molecule has 1 heterocycles. The lowest BCUT2D eigenvalue weighted by atomic mass is 9.88. The average Bonchev–Trinajstić information content (AvgIpc) is 3.36. The van der Waals surface area contributed by atoms with Crippen molar-refractivity contribution in [2.45, 2.75) is 52.5 Å². The predicted molar refractivity (Wildman–Crippen MR) is 167 cm³/mol. The second kappa shape index (κ2) is 24.2. The molecular weight excluding hydrogens is 547 g/mol. The Morgan fingerprint density at radius 1 is 1.20 bits per heavy atom. The summed E-state index contributed by atoms with van der Waals surface area (Å²) in [7, 11) is 3.13. The van der Waals surface area contributed by atoms with Crippen molar-refractivity contribution in [1.29, 1.82) is 0 Å². The highest BCUT2D eigenvalue weighted by molar-refractivity contribution is 6.30. The van der Waals surface area contributed by atoms with Gasteiger partial charge in [-0.3, -0.25) is 14.7 Å². The Bertz CT molecular complexity index is 1160. The van der Waals surface area contributed by atoms with Crippen LogP contribution in [0.1, 0.15) is 56.8 Å². The zero-order valence-corrected chi connectivity index (χ0v) is 25.5. The van der Waals surface area contributed by atoms with E-state index in [0.717, 1.165) is 30.3 Å². The van der Waals surface area contributed by atoms with E-state index in [1.165, 1.54) is 18.5 Å². The first-order valence-corrected chi connectivity index (χ1v) is 13.6. The Balaban J connectivity index is 0. The summed E-state index contributed by atoms with van der Waals surface area (Å²) in [6.45, 7) is 10.1. The highest BCUT2D eigenvalue weighted by Crippen LogP contribution is 2.25. The van der Waals surface area contributed by atoms with Crippen molar-refractivity contribution in [2.75, 3.05) is 14.1 Å². The number of allylic oxidation sites excluding steroid dienone is 1. The van der Waals surface area contributed by atoms with Gasteiger partial charge in [-0.2, -0.15) is 5.10 Å². The van der Waals surface area contributed by atoms with Crippen LogP contribution in [0.4, 0.5) is 4.39 Å². The second-order valence-electron chi connectivity index (χ2n) is 8.66. The van der Waals surface area contributed by atoms with Crippen LogP contribution < -0.4 is 22.5 Å². The summed E-state index contributed by atoms with van der Waals surface area (Å²) >= 11 is 5.63. The summed E-state index contributed by atoms with van der Waals surface area (Å²) in [6.07, 6.45) is 6.09. The number of aromatic nitrogens is 2. The second-order valence-corrected chi connectivity index (χ2v) is 9.07. The Labute approximate surface area is 248 Å². The molecule has 1 aromatic heterocycles. The molecule has 41 heavy (non-hydrogen) atoms. The smallest absolute Gasteiger partial charge is 0.219 e. The maximum Gasteiger partial charge on any atom is 0.219 e. The topological polar surface area (TPSA) is 170 Å². The van der Waals surface area contributed by atoms with Gasteiger partial charge >= 0.3 is 0 Å². The Morgan fingerprint density at radius 3 is 2.29 bits per heavy atom. The van der Waals surface area contributed by atoms with Crippen molar-refractivity contribution < 1.29 is 18.8 Å². The molecule has 0 aliphatic rings. The molecule has 8 N–H and O–H groups in total. The number of H-pyrrole nitrogens is 1. The summed E-state index contributed by atoms with van der Waals surface area (Å²) in [6, 6.07) is 12.3. The van der Waals surface area contributed by atoms with Crippen LogP contribution in [0.2, 0.25) is 5.02 Å². The molecule has 0 radical (unpaired) electrons. The van der Waals surface area contributed by atoms with Crippen LogP contribution in [0.15, 0.2) is 55.1 Å². The number of nitrogens with one attached hydrogen (secondary N) is 2. The van der Waals surface area contributed by atoms with E-state index in [1.54, 1.807) is 19.2 Å². The van der Waals surface area contributed by atoms with E-state index in [2.05, 4.69) is 53.5 Å². The molecule has 0 spiro atoms. The van der Waals surface area contributed by atoms with Gasteiger partial charge in [-0.05, 0) is 51.4 Å². The summed E-state index contributed by atoms with van der Waals surface area (Å²) in [4.78, 5) is 29.5. The van der Waals surface area contributed by atoms with E-state index in [9.17, 15) is 14.0 Å². The molecule has 3 unspecified atom stereocenters. The molecule has 0 aliphatic heterocycles. The van der Waals surface area contributed by atoms with E-state index in [-0.39, 0.29) is 17.9 Å². The number of fused-ring (bicyclic) bond motifs is 1. The zero-order valence-electron chi connectivity index (χ0n) is 24.7. The van der Waals surface area contributed by atoms with Gasteiger partial charge in [0, 0.05) is 35.5 Å².